The highest BCUT2D eigenvalue weighted by Gasteiger charge is 2.20. The fraction of sp³-hybridized carbons (Fsp3) is 0.0323. The third-order valence-corrected chi connectivity index (χ3v) is 13.5. The molecule has 0 saturated carbocycles. The molecule has 0 aliphatic rings. The summed E-state index contributed by atoms with van der Waals surface area (Å²) in [6.07, 6.45) is 4.94. The molecule has 5 aromatic heterocycles. The van der Waals surface area contributed by atoms with Crippen LogP contribution < -0.4 is 9.30 Å². The maximum Gasteiger partial charge on any atom is 0.269 e. The van der Waals surface area contributed by atoms with Gasteiger partial charge in [-0.25, -0.2) is 4.98 Å². The van der Waals surface area contributed by atoms with Crippen LogP contribution in [0, 0.1) is 20.0 Å². The predicted molar refractivity (Wildman–Crippen MR) is 280 cm³/mol. The number of hydrogen-bond acceptors (Lipinski definition) is 2. The van der Waals surface area contributed by atoms with E-state index in [9.17, 15) is 0 Å². The van der Waals surface area contributed by atoms with Crippen LogP contribution in [0.4, 0.5) is 0 Å². The van der Waals surface area contributed by atoms with E-state index in [-0.39, 0.29) is 16.9 Å². The Bertz CT molecular complexity index is 4400. The molecular formula is C62H42N6O. The first-order chi connectivity index (χ1) is 36.5. The lowest BCUT2D eigenvalue weighted by atomic mass is 10.1. The molecule has 0 aliphatic heterocycles. The van der Waals surface area contributed by atoms with Gasteiger partial charge in [0.05, 0.1) is 55.5 Å². The van der Waals surface area contributed by atoms with Crippen molar-refractivity contribution in [2.24, 2.45) is 0 Å². The van der Waals surface area contributed by atoms with E-state index >= 15 is 0 Å². The Morgan fingerprint density at radius 2 is 0.928 bits per heavy atom. The molecule has 14 aromatic rings. The van der Waals surface area contributed by atoms with Crippen LogP contribution in [0.1, 0.15) is 19.4 Å². The first kappa shape index (κ1) is 33.3. The summed E-state index contributed by atoms with van der Waals surface area (Å²) in [6, 6.07) is 72.3. The van der Waals surface area contributed by atoms with Crippen LogP contribution >= 0.6 is 0 Å². The van der Waals surface area contributed by atoms with Crippen molar-refractivity contribution in [3.05, 3.63) is 236 Å². The number of imidazole rings is 1. The molecule has 9 aromatic carbocycles. The molecular weight excluding hydrogens is 845 g/mol. The van der Waals surface area contributed by atoms with E-state index in [1.54, 1.807) is 0 Å². The van der Waals surface area contributed by atoms with Crippen molar-refractivity contribution in [3.63, 3.8) is 0 Å². The molecule has 69 heavy (non-hydrogen) atoms. The zero-order valence-corrected chi connectivity index (χ0v) is 36.9. The minimum atomic E-state index is -2.69. The van der Waals surface area contributed by atoms with E-state index in [2.05, 4.69) is 163 Å². The number of hydrogen-bond donors (Lipinski definition) is 0. The molecule has 7 heteroatoms. The number of aryl methyl sites for hydroxylation is 2. The third-order valence-electron chi connectivity index (χ3n) is 13.5. The number of para-hydroxylation sites is 7. The maximum absolute atomic E-state index is 8.26. The highest BCUT2D eigenvalue weighted by Crippen LogP contribution is 2.38. The number of rotatable bonds is 7. The molecule has 0 N–H and O–H groups in total. The summed E-state index contributed by atoms with van der Waals surface area (Å²) in [5.74, 6) is 1.40. The van der Waals surface area contributed by atoms with Gasteiger partial charge in [-0.3, -0.25) is 13.7 Å². The van der Waals surface area contributed by atoms with E-state index in [0.29, 0.717) is 17.0 Å². The first-order valence-electron chi connectivity index (χ1n) is 25.9. The van der Waals surface area contributed by atoms with Crippen LogP contribution in [-0.4, -0.2) is 23.3 Å². The number of pyridine rings is 1. The zero-order valence-electron chi connectivity index (χ0n) is 42.9. The zero-order chi connectivity index (χ0) is 50.7. The minimum absolute atomic E-state index is 0.266. The van der Waals surface area contributed by atoms with Crippen molar-refractivity contribution in [2.45, 2.75) is 13.7 Å². The summed E-state index contributed by atoms with van der Waals surface area (Å²) in [5, 5.41) is 6.54. The second kappa shape index (κ2) is 15.2. The van der Waals surface area contributed by atoms with Gasteiger partial charge < -0.3 is 13.9 Å². The van der Waals surface area contributed by atoms with Gasteiger partial charge in [-0.2, -0.15) is 0 Å². The van der Waals surface area contributed by atoms with Crippen LogP contribution in [-0.2, 0) is 0 Å². The van der Waals surface area contributed by atoms with Crippen molar-refractivity contribution in [2.75, 3.05) is 0 Å². The molecule has 5 heterocycles. The molecule has 326 valence electrons. The van der Waals surface area contributed by atoms with Gasteiger partial charge in [0.1, 0.15) is 17.3 Å². The second-order valence-electron chi connectivity index (χ2n) is 17.4. The Balaban J connectivity index is 0.910. The number of ether oxygens (including phenoxy) is 1. The second-order valence-corrected chi connectivity index (χ2v) is 17.4. The van der Waals surface area contributed by atoms with E-state index in [0.717, 1.165) is 78.3 Å². The van der Waals surface area contributed by atoms with E-state index in [1.807, 2.05) is 77.4 Å². The maximum atomic E-state index is 8.26. The minimum Gasteiger partial charge on any atom is -0.458 e. The van der Waals surface area contributed by atoms with E-state index < -0.39 is 13.7 Å². The van der Waals surface area contributed by atoms with Crippen LogP contribution in [0.25, 0.3) is 105 Å². The molecule has 0 bridgehead atoms. The van der Waals surface area contributed by atoms with Gasteiger partial charge in [-0.05, 0) is 110 Å². The highest BCUT2D eigenvalue weighted by molar-refractivity contribution is 6.11. The lowest BCUT2D eigenvalue weighted by Crippen LogP contribution is -2.30. The topological polar surface area (TPSA) is 45.7 Å². The molecule has 14 rings (SSSR count). The van der Waals surface area contributed by atoms with Gasteiger partial charge in [0.15, 0.2) is 0 Å². The van der Waals surface area contributed by atoms with Crippen molar-refractivity contribution in [1.82, 2.24) is 23.3 Å². The van der Waals surface area contributed by atoms with Gasteiger partial charge in [0.2, 0.25) is 0 Å². The molecule has 0 spiro atoms. The van der Waals surface area contributed by atoms with Crippen molar-refractivity contribution in [3.8, 4) is 40.1 Å². The van der Waals surface area contributed by atoms with Crippen molar-refractivity contribution < 1.29 is 17.5 Å². The molecule has 0 amide bonds. The molecule has 0 fully saturated rings. The van der Waals surface area contributed by atoms with Gasteiger partial charge in [-0.1, -0.05) is 121 Å². The van der Waals surface area contributed by atoms with Crippen molar-refractivity contribution >= 4 is 76.5 Å². The van der Waals surface area contributed by atoms with E-state index in [4.69, 9.17) is 13.0 Å². The fourth-order valence-electron chi connectivity index (χ4n) is 10.5. The Hall–Kier alpha value is -9.20. The monoisotopic (exact) mass is 892 g/mol. The average Bonchev–Trinajstić information content (AvgIpc) is 4.21. The normalized spacial score (nSPS) is 13.6. The summed E-state index contributed by atoms with van der Waals surface area (Å²) >= 11 is 0. The molecule has 0 aliphatic carbocycles. The fourth-order valence-corrected chi connectivity index (χ4v) is 10.5. The van der Waals surface area contributed by atoms with Gasteiger partial charge in [0, 0.05) is 64.2 Å². The lowest BCUT2D eigenvalue weighted by molar-refractivity contribution is -0.572. The molecule has 0 radical (unpaired) electrons. The summed E-state index contributed by atoms with van der Waals surface area (Å²) in [5.41, 5.74) is 11.0. The van der Waals surface area contributed by atoms with Crippen LogP contribution in [0.2, 0.25) is 0 Å². The number of aromatic nitrogens is 6. The van der Waals surface area contributed by atoms with Gasteiger partial charge >= 0.3 is 0 Å². The van der Waals surface area contributed by atoms with Crippen molar-refractivity contribution in [1.29, 1.82) is 0 Å². The largest absolute Gasteiger partial charge is 0.458 e. The highest BCUT2D eigenvalue weighted by atomic mass is 16.5. The summed E-state index contributed by atoms with van der Waals surface area (Å²) in [7, 11) is 0. The molecule has 0 saturated heterocycles. The third kappa shape index (κ3) is 6.07. The predicted octanol–water partition coefficient (Wildman–Crippen LogP) is 14.8. The summed E-state index contributed by atoms with van der Waals surface area (Å²) < 4.78 is 66.4. The number of fused-ring (bicyclic) bond motifs is 10. The molecule has 0 unspecified atom stereocenters. The molecule has 0 atom stereocenters. The van der Waals surface area contributed by atoms with Crippen LogP contribution in [0.5, 0.6) is 11.5 Å². The summed E-state index contributed by atoms with van der Waals surface area (Å²) in [4.78, 5) is 4.55. The summed E-state index contributed by atoms with van der Waals surface area (Å²) in [6.45, 7) is -5.34. The van der Waals surface area contributed by atoms with E-state index in [1.165, 1.54) is 27.6 Å². The van der Waals surface area contributed by atoms with Gasteiger partial charge in [0.25, 0.3) is 6.33 Å². The Morgan fingerprint density at radius 1 is 0.420 bits per heavy atom. The SMILES string of the molecule is [2H]C([2H])([2H])c1cnc(-n2c3ccccc3c3ccc(Oc4cccc(-n5[c-][n+](-c6cc(-n7c8ccccc8c8ccccc87)cc(-n7c8ccccc8c8ccccc87)c6)c6ccccc65)c4)cc32)cc1C([2H])([2H])[2H]. The number of nitrogens with zero attached hydrogens (tertiary/aromatic N) is 6. The smallest absolute Gasteiger partial charge is 0.269 e. The quantitative estimate of drug-likeness (QED) is 0.118. The van der Waals surface area contributed by atoms with Crippen LogP contribution in [0.15, 0.2) is 219 Å². The van der Waals surface area contributed by atoms with Gasteiger partial charge in [-0.15, -0.1) is 0 Å². The Labute approximate surface area is 405 Å². The molecule has 7 nitrogen and oxygen atoms in total. The lowest BCUT2D eigenvalue weighted by Gasteiger charge is -2.16. The average molecular weight is 893 g/mol. The standard InChI is InChI=1S/C62H42N6O/c1-40-32-62(63-38-41(40)2)68-58-27-12-7-22-52(58)53-31-30-47(37-61(53)68)69-46-17-15-16-42(36-46)64-39-65(60-29-14-13-28-59(60)64)43-33-44(66-54-23-8-3-18-48(54)49-19-4-9-24-55(49)66)35-45(34-43)67-56-25-10-5-20-50(56)51-21-6-11-26-57(51)67/h3-38H,1-2H3/i1D3,2D3. The first-order valence-corrected chi connectivity index (χ1v) is 22.9. The Kier molecular flexibility index (Phi) is 7.32. The number of benzene rings is 9. The van der Waals surface area contributed by atoms with Crippen LogP contribution in [0.3, 0.4) is 0 Å². The Morgan fingerprint density at radius 3 is 1.51 bits per heavy atom.